The first-order valence-electron chi connectivity index (χ1n) is 9.72. The van der Waals surface area contributed by atoms with Crippen molar-refractivity contribution < 1.29 is 9.53 Å². The van der Waals surface area contributed by atoms with Crippen LogP contribution in [-0.2, 0) is 9.53 Å². The molecule has 2 heteroatoms. The maximum atomic E-state index is 12.7. The summed E-state index contributed by atoms with van der Waals surface area (Å²) in [5, 5.41) is 0. The minimum absolute atomic E-state index is 0.0376. The largest absolute Gasteiger partial charge is 0.458 e. The number of esters is 1. The molecule has 3 saturated carbocycles. The predicted molar refractivity (Wildman–Crippen MR) is 89.6 cm³/mol. The van der Waals surface area contributed by atoms with Crippen molar-refractivity contribution in [2.24, 2.45) is 16.7 Å². The first-order valence-corrected chi connectivity index (χ1v) is 9.72. The van der Waals surface area contributed by atoms with Gasteiger partial charge in [-0.05, 0) is 51.9 Å². The van der Waals surface area contributed by atoms with Crippen LogP contribution >= 0.6 is 0 Å². The van der Waals surface area contributed by atoms with Gasteiger partial charge in [-0.15, -0.1) is 0 Å². The molecule has 0 aromatic carbocycles. The average Bonchev–Trinajstić information content (AvgIpc) is 3.16. The summed E-state index contributed by atoms with van der Waals surface area (Å²) in [5.74, 6) is 0.0973. The lowest BCUT2D eigenvalue weighted by atomic mass is 9.50. The fourth-order valence-corrected chi connectivity index (χ4v) is 6.05. The van der Waals surface area contributed by atoms with E-state index in [1.54, 1.807) is 0 Å². The van der Waals surface area contributed by atoms with Gasteiger partial charge in [-0.1, -0.05) is 46.0 Å². The minimum atomic E-state index is -0.217. The van der Waals surface area contributed by atoms with Crippen molar-refractivity contribution in [1.29, 1.82) is 0 Å². The van der Waals surface area contributed by atoms with Crippen molar-refractivity contribution in [3.8, 4) is 0 Å². The third kappa shape index (κ3) is 2.24. The zero-order valence-corrected chi connectivity index (χ0v) is 14.9. The maximum Gasteiger partial charge on any atom is 0.309 e. The van der Waals surface area contributed by atoms with Crippen LogP contribution in [0.4, 0.5) is 0 Å². The lowest BCUT2D eigenvalue weighted by Gasteiger charge is -2.59. The van der Waals surface area contributed by atoms with Crippen molar-refractivity contribution in [3.63, 3.8) is 0 Å². The second-order valence-electron chi connectivity index (χ2n) is 8.59. The molecule has 0 aliphatic heterocycles. The highest BCUT2D eigenvalue weighted by Crippen LogP contribution is 2.67. The quantitative estimate of drug-likeness (QED) is 0.631. The van der Waals surface area contributed by atoms with Crippen LogP contribution in [0.2, 0.25) is 0 Å². The molecule has 1 unspecified atom stereocenters. The number of hydrogen-bond acceptors (Lipinski definition) is 2. The first kappa shape index (κ1) is 16.3. The van der Waals surface area contributed by atoms with Gasteiger partial charge < -0.3 is 4.74 Å². The van der Waals surface area contributed by atoms with Crippen molar-refractivity contribution in [3.05, 3.63) is 0 Å². The van der Waals surface area contributed by atoms with E-state index >= 15 is 0 Å². The SMILES string of the molecule is CCC(C)C(=O)OC1(C)C2(CCCC2)CCCC12CCCC2. The van der Waals surface area contributed by atoms with Gasteiger partial charge in [-0.25, -0.2) is 0 Å². The highest BCUT2D eigenvalue weighted by atomic mass is 16.6. The number of carbonyl (C=O) groups is 1. The van der Waals surface area contributed by atoms with Crippen LogP contribution in [0, 0.1) is 16.7 Å². The zero-order valence-electron chi connectivity index (χ0n) is 14.9. The Hall–Kier alpha value is -0.530. The number of rotatable bonds is 3. The Kier molecular flexibility index (Phi) is 4.33. The number of carbonyl (C=O) groups excluding carboxylic acids is 1. The molecule has 22 heavy (non-hydrogen) atoms. The fourth-order valence-electron chi connectivity index (χ4n) is 6.05. The zero-order chi connectivity index (χ0) is 15.8. The standard InChI is InChI=1S/C20H34O2/c1-4-16(2)17(21)22-18(3)19(10-5-6-11-19)14-9-15-20(18)12-7-8-13-20/h16H,4-15H2,1-3H3. The van der Waals surface area contributed by atoms with E-state index in [1.807, 2.05) is 6.92 Å². The first-order chi connectivity index (χ1) is 10.5. The highest BCUT2D eigenvalue weighted by molar-refractivity contribution is 5.72. The molecule has 3 aliphatic carbocycles. The molecule has 0 aromatic rings. The van der Waals surface area contributed by atoms with Crippen LogP contribution < -0.4 is 0 Å². The molecule has 3 aliphatic rings. The van der Waals surface area contributed by atoms with E-state index in [2.05, 4.69) is 13.8 Å². The lowest BCUT2D eigenvalue weighted by Crippen LogP contribution is -2.61. The Morgan fingerprint density at radius 1 is 0.909 bits per heavy atom. The van der Waals surface area contributed by atoms with E-state index in [0.29, 0.717) is 0 Å². The molecule has 2 spiro atoms. The Labute approximate surface area is 136 Å². The van der Waals surface area contributed by atoms with Gasteiger partial charge in [0.15, 0.2) is 0 Å². The number of hydrogen-bond donors (Lipinski definition) is 0. The monoisotopic (exact) mass is 306 g/mol. The molecular weight excluding hydrogens is 272 g/mol. The van der Waals surface area contributed by atoms with E-state index in [1.165, 1.54) is 70.6 Å². The van der Waals surface area contributed by atoms with Crippen molar-refractivity contribution in [2.45, 2.75) is 103 Å². The third-order valence-electron chi connectivity index (χ3n) is 7.78. The van der Waals surface area contributed by atoms with Gasteiger partial charge >= 0.3 is 5.97 Å². The predicted octanol–water partition coefficient (Wildman–Crippen LogP) is 5.64. The molecule has 0 saturated heterocycles. The van der Waals surface area contributed by atoms with Gasteiger partial charge in [-0.3, -0.25) is 4.79 Å². The van der Waals surface area contributed by atoms with E-state index in [0.717, 1.165) is 6.42 Å². The van der Waals surface area contributed by atoms with Crippen molar-refractivity contribution in [1.82, 2.24) is 0 Å². The summed E-state index contributed by atoms with van der Waals surface area (Å²) in [5.41, 5.74) is 0.336. The molecule has 2 nitrogen and oxygen atoms in total. The lowest BCUT2D eigenvalue weighted by molar-refractivity contribution is -0.224. The Morgan fingerprint density at radius 3 is 1.73 bits per heavy atom. The van der Waals surface area contributed by atoms with Crippen LogP contribution in [0.1, 0.15) is 97.8 Å². The second kappa shape index (κ2) is 5.83. The molecule has 0 bridgehead atoms. The number of ether oxygens (including phenoxy) is 1. The minimum Gasteiger partial charge on any atom is -0.458 e. The summed E-state index contributed by atoms with van der Waals surface area (Å²) in [6.07, 6.45) is 15.2. The second-order valence-corrected chi connectivity index (χ2v) is 8.59. The van der Waals surface area contributed by atoms with Gasteiger partial charge in [-0.2, -0.15) is 0 Å². The maximum absolute atomic E-state index is 12.7. The van der Waals surface area contributed by atoms with Gasteiger partial charge in [0, 0.05) is 10.8 Å². The van der Waals surface area contributed by atoms with Crippen molar-refractivity contribution >= 4 is 5.97 Å². The molecule has 126 valence electrons. The van der Waals surface area contributed by atoms with E-state index in [4.69, 9.17) is 4.74 Å². The molecule has 0 heterocycles. The molecule has 3 rings (SSSR count). The van der Waals surface area contributed by atoms with Gasteiger partial charge in [0.1, 0.15) is 5.60 Å². The van der Waals surface area contributed by atoms with Gasteiger partial charge in [0.05, 0.1) is 5.92 Å². The molecule has 1 atom stereocenters. The van der Waals surface area contributed by atoms with E-state index in [-0.39, 0.29) is 28.3 Å². The van der Waals surface area contributed by atoms with Gasteiger partial charge in [0.2, 0.25) is 0 Å². The van der Waals surface area contributed by atoms with Crippen LogP contribution in [-0.4, -0.2) is 11.6 Å². The van der Waals surface area contributed by atoms with Gasteiger partial charge in [0.25, 0.3) is 0 Å². The molecular formula is C20H34O2. The third-order valence-corrected chi connectivity index (χ3v) is 7.78. The average molecular weight is 306 g/mol. The smallest absolute Gasteiger partial charge is 0.309 e. The van der Waals surface area contributed by atoms with E-state index < -0.39 is 0 Å². The molecule has 0 aromatic heterocycles. The molecule has 0 N–H and O–H groups in total. The topological polar surface area (TPSA) is 26.3 Å². The van der Waals surface area contributed by atoms with Crippen LogP contribution in [0.15, 0.2) is 0 Å². The summed E-state index contributed by atoms with van der Waals surface area (Å²) < 4.78 is 6.47. The van der Waals surface area contributed by atoms with Crippen LogP contribution in [0.25, 0.3) is 0 Å². The highest BCUT2D eigenvalue weighted by Gasteiger charge is 2.65. The summed E-state index contributed by atoms with van der Waals surface area (Å²) in [6, 6.07) is 0. The van der Waals surface area contributed by atoms with Crippen LogP contribution in [0.5, 0.6) is 0 Å². The fraction of sp³-hybridized carbons (Fsp3) is 0.950. The van der Waals surface area contributed by atoms with Crippen molar-refractivity contribution in [2.75, 3.05) is 0 Å². The Balaban J connectivity index is 1.96. The van der Waals surface area contributed by atoms with Crippen LogP contribution in [0.3, 0.4) is 0 Å². The normalized spacial score (nSPS) is 29.8. The Morgan fingerprint density at radius 2 is 1.32 bits per heavy atom. The molecule has 0 radical (unpaired) electrons. The van der Waals surface area contributed by atoms with E-state index in [9.17, 15) is 4.79 Å². The summed E-state index contributed by atoms with van der Waals surface area (Å²) in [4.78, 5) is 12.7. The Bertz CT molecular complexity index is 389. The molecule has 3 fully saturated rings. The summed E-state index contributed by atoms with van der Waals surface area (Å²) in [7, 11) is 0. The summed E-state index contributed by atoms with van der Waals surface area (Å²) in [6.45, 7) is 6.45. The summed E-state index contributed by atoms with van der Waals surface area (Å²) >= 11 is 0. The molecule has 0 amide bonds.